The Morgan fingerprint density at radius 3 is 2.84 bits per heavy atom. The normalized spacial score (nSPS) is 10.1. The largest absolute Gasteiger partial charge is 0.337 e. The molecule has 0 fully saturated rings. The summed E-state index contributed by atoms with van der Waals surface area (Å²) in [7, 11) is 0. The van der Waals surface area contributed by atoms with Crippen molar-refractivity contribution in [3.63, 3.8) is 0 Å². The number of pyridine rings is 1. The SMILES string of the molecule is Cc1ccnc(Nc2c(Cl)cc(F)cc2Br)c1C#N. The van der Waals surface area contributed by atoms with Crippen LogP contribution in [0, 0.1) is 24.1 Å². The highest BCUT2D eigenvalue weighted by atomic mass is 79.9. The van der Waals surface area contributed by atoms with Crippen LogP contribution in [0.25, 0.3) is 0 Å². The third-order valence-corrected chi connectivity index (χ3v) is 3.44. The topological polar surface area (TPSA) is 48.7 Å². The molecule has 1 heterocycles. The molecule has 1 aromatic carbocycles. The molecule has 0 bridgehead atoms. The predicted molar refractivity (Wildman–Crippen MR) is 76.1 cm³/mol. The smallest absolute Gasteiger partial charge is 0.148 e. The van der Waals surface area contributed by atoms with Gasteiger partial charge in [-0.15, -0.1) is 0 Å². The van der Waals surface area contributed by atoms with Gasteiger partial charge in [-0.05, 0) is 46.6 Å². The van der Waals surface area contributed by atoms with Crippen molar-refractivity contribution in [2.24, 2.45) is 0 Å². The van der Waals surface area contributed by atoms with E-state index in [4.69, 9.17) is 16.9 Å². The van der Waals surface area contributed by atoms with E-state index in [9.17, 15) is 4.39 Å². The van der Waals surface area contributed by atoms with Gasteiger partial charge in [0.25, 0.3) is 0 Å². The summed E-state index contributed by atoms with van der Waals surface area (Å²) in [5.74, 6) is -0.0585. The lowest BCUT2D eigenvalue weighted by Crippen LogP contribution is -2.00. The summed E-state index contributed by atoms with van der Waals surface area (Å²) in [6.07, 6.45) is 1.59. The van der Waals surface area contributed by atoms with Gasteiger partial charge < -0.3 is 5.32 Å². The van der Waals surface area contributed by atoms with Gasteiger partial charge in [0.2, 0.25) is 0 Å². The molecule has 6 heteroatoms. The second kappa shape index (κ2) is 5.55. The number of rotatable bonds is 2. The summed E-state index contributed by atoms with van der Waals surface area (Å²) in [6, 6.07) is 6.30. The number of aryl methyl sites for hydroxylation is 1. The fourth-order valence-corrected chi connectivity index (χ4v) is 2.47. The minimum atomic E-state index is -0.444. The fourth-order valence-electron chi connectivity index (χ4n) is 1.57. The molecule has 0 aliphatic rings. The fraction of sp³-hybridized carbons (Fsp3) is 0.0769. The molecule has 0 saturated heterocycles. The number of halogens is 3. The number of hydrogen-bond acceptors (Lipinski definition) is 3. The van der Waals surface area contributed by atoms with Gasteiger partial charge in [-0.3, -0.25) is 0 Å². The van der Waals surface area contributed by atoms with Crippen molar-refractivity contribution in [2.75, 3.05) is 5.32 Å². The van der Waals surface area contributed by atoms with Crippen molar-refractivity contribution in [3.05, 3.63) is 50.8 Å². The zero-order valence-electron chi connectivity index (χ0n) is 9.84. The highest BCUT2D eigenvalue weighted by molar-refractivity contribution is 9.10. The van der Waals surface area contributed by atoms with Crippen LogP contribution in [0.2, 0.25) is 5.02 Å². The zero-order valence-corrected chi connectivity index (χ0v) is 12.2. The van der Waals surface area contributed by atoms with Crippen molar-refractivity contribution < 1.29 is 4.39 Å². The Labute approximate surface area is 123 Å². The average Bonchev–Trinajstić information content (AvgIpc) is 2.34. The van der Waals surface area contributed by atoms with Gasteiger partial charge in [-0.1, -0.05) is 11.6 Å². The van der Waals surface area contributed by atoms with Crippen LogP contribution in [-0.4, -0.2) is 4.98 Å². The molecule has 0 saturated carbocycles. The second-order valence-electron chi connectivity index (χ2n) is 3.83. The number of nitrogens with one attached hydrogen (secondary N) is 1. The minimum Gasteiger partial charge on any atom is -0.337 e. The number of hydrogen-bond donors (Lipinski definition) is 1. The average molecular weight is 341 g/mol. The quantitative estimate of drug-likeness (QED) is 0.872. The van der Waals surface area contributed by atoms with Crippen molar-refractivity contribution >= 4 is 39.0 Å². The predicted octanol–water partition coefficient (Wildman–Crippen LogP) is 4.56. The molecule has 3 nitrogen and oxygen atoms in total. The molecular weight excluding hydrogens is 333 g/mol. The van der Waals surface area contributed by atoms with E-state index in [0.717, 1.165) is 5.56 Å². The van der Waals surface area contributed by atoms with Crippen LogP contribution in [-0.2, 0) is 0 Å². The van der Waals surface area contributed by atoms with Crippen LogP contribution in [0.5, 0.6) is 0 Å². The van der Waals surface area contributed by atoms with Crippen molar-refractivity contribution in [1.82, 2.24) is 4.98 Å². The maximum Gasteiger partial charge on any atom is 0.148 e. The summed E-state index contributed by atoms with van der Waals surface area (Å²) >= 11 is 9.20. The van der Waals surface area contributed by atoms with Gasteiger partial charge in [0.1, 0.15) is 17.7 Å². The van der Waals surface area contributed by atoms with E-state index in [1.165, 1.54) is 12.1 Å². The summed E-state index contributed by atoms with van der Waals surface area (Å²) in [5, 5.41) is 12.3. The Morgan fingerprint density at radius 1 is 1.47 bits per heavy atom. The maximum absolute atomic E-state index is 13.1. The van der Waals surface area contributed by atoms with E-state index in [1.54, 1.807) is 12.3 Å². The molecule has 1 N–H and O–H groups in total. The third kappa shape index (κ3) is 2.86. The Bertz CT molecular complexity index is 659. The monoisotopic (exact) mass is 339 g/mol. The van der Waals surface area contributed by atoms with Gasteiger partial charge in [0.05, 0.1) is 16.3 Å². The molecule has 0 atom stereocenters. The van der Waals surface area contributed by atoms with E-state index in [0.29, 0.717) is 21.5 Å². The molecule has 2 aromatic rings. The van der Waals surface area contributed by atoms with E-state index in [-0.39, 0.29) is 5.02 Å². The summed E-state index contributed by atoms with van der Waals surface area (Å²) in [5.41, 5.74) is 1.70. The first kappa shape index (κ1) is 13.8. The van der Waals surface area contributed by atoms with Crippen molar-refractivity contribution in [3.8, 4) is 6.07 Å². The number of nitriles is 1. The Hall–Kier alpha value is -1.64. The van der Waals surface area contributed by atoms with E-state index < -0.39 is 5.82 Å². The molecule has 0 spiro atoms. The lowest BCUT2D eigenvalue weighted by molar-refractivity contribution is 0.627. The molecule has 1 aromatic heterocycles. The first-order valence-corrected chi connectivity index (χ1v) is 6.47. The number of aromatic nitrogens is 1. The van der Waals surface area contributed by atoms with E-state index in [2.05, 4.69) is 32.3 Å². The first-order chi connectivity index (χ1) is 9.02. The van der Waals surface area contributed by atoms with Crippen LogP contribution in [0.4, 0.5) is 15.9 Å². The Kier molecular flexibility index (Phi) is 4.03. The highest BCUT2D eigenvalue weighted by Crippen LogP contribution is 2.34. The van der Waals surface area contributed by atoms with Crippen LogP contribution >= 0.6 is 27.5 Å². The van der Waals surface area contributed by atoms with Crippen LogP contribution in [0.1, 0.15) is 11.1 Å². The number of nitrogens with zero attached hydrogens (tertiary/aromatic N) is 2. The molecule has 0 amide bonds. The van der Waals surface area contributed by atoms with Gasteiger partial charge in [0, 0.05) is 10.7 Å². The van der Waals surface area contributed by atoms with E-state index >= 15 is 0 Å². The second-order valence-corrected chi connectivity index (χ2v) is 5.09. The molecule has 96 valence electrons. The van der Waals surface area contributed by atoms with Gasteiger partial charge in [0.15, 0.2) is 0 Å². The molecule has 0 aliphatic carbocycles. The number of benzene rings is 1. The van der Waals surface area contributed by atoms with Gasteiger partial charge >= 0.3 is 0 Å². The van der Waals surface area contributed by atoms with Gasteiger partial charge in [-0.2, -0.15) is 5.26 Å². The molecule has 2 rings (SSSR count). The van der Waals surface area contributed by atoms with Crippen molar-refractivity contribution in [2.45, 2.75) is 6.92 Å². The lowest BCUT2D eigenvalue weighted by atomic mass is 10.1. The summed E-state index contributed by atoms with van der Waals surface area (Å²) in [6.45, 7) is 1.81. The van der Waals surface area contributed by atoms with Crippen LogP contribution in [0.15, 0.2) is 28.9 Å². The Morgan fingerprint density at radius 2 is 2.21 bits per heavy atom. The minimum absolute atomic E-state index is 0.207. The van der Waals surface area contributed by atoms with E-state index in [1.807, 2.05) is 6.92 Å². The Balaban J connectivity index is 2.49. The molecular formula is C13H8BrClFN3. The van der Waals surface area contributed by atoms with Crippen LogP contribution in [0.3, 0.4) is 0 Å². The standard InChI is InChI=1S/C13H8BrClFN3/c1-7-2-3-18-13(9(7)6-17)19-12-10(14)4-8(16)5-11(12)15/h2-5H,1H3,(H,18,19). The molecule has 0 unspecified atom stereocenters. The third-order valence-electron chi connectivity index (χ3n) is 2.52. The molecule has 0 aliphatic heterocycles. The summed E-state index contributed by atoms with van der Waals surface area (Å²) in [4.78, 5) is 4.10. The zero-order chi connectivity index (χ0) is 14.0. The highest BCUT2D eigenvalue weighted by Gasteiger charge is 2.12. The van der Waals surface area contributed by atoms with Crippen molar-refractivity contribution in [1.29, 1.82) is 5.26 Å². The van der Waals surface area contributed by atoms with Crippen LogP contribution < -0.4 is 5.32 Å². The molecule has 0 radical (unpaired) electrons. The molecule has 19 heavy (non-hydrogen) atoms. The number of anilines is 2. The maximum atomic E-state index is 13.1. The lowest BCUT2D eigenvalue weighted by Gasteiger charge is -2.12. The summed E-state index contributed by atoms with van der Waals surface area (Å²) < 4.78 is 13.6. The first-order valence-electron chi connectivity index (χ1n) is 5.30. The van der Waals surface area contributed by atoms with Gasteiger partial charge in [-0.25, -0.2) is 9.37 Å².